The fourth-order valence-corrected chi connectivity index (χ4v) is 2.95. The smallest absolute Gasteiger partial charge is 0.220 e. The van der Waals surface area contributed by atoms with E-state index in [1.807, 2.05) is 0 Å². The summed E-state index contributed by atoms with van der Waals surface area (Å²) < 4.78 is 13.1. The molecular weight excluding hydrogens is 291 g/mol. The number of nitrogens with one attached hydrogen (secondary N) is 2. The lowest BCUT2D eigenvalue weighted by atomic mass is 9.85. The summed E-state index contributed by atoms with van der Waals surface area (Å²) in [6.07, 6.45) is 2.90. The van der Waals surface area contributed by atoms with Crippen molar-refractivity contribution in [3.8, 4) is 0 Å². The Kier molecular flexibility index (Phi) is 6.00. The van der Waals surface area contributed by atoms with E-state index in [4.69, 9.17) is 11.6 Å². The second kappa shape index (κ2) is 7.76. The van der Waals surface area contributed by atoms with Gasteiger partial charge in [-0.2, -0.15) is 0 Å². The molecule has 0 aliphatic carbocycles. The van der Waals surface area contributed by atoms with Crippen LogP contribution in [0.1, 0.15) is 31.7 Å². The minimum Gasteiger partial charge on any atom is -0.352 e. The van der Waals surface area contributed by atoms with Crippen molar-refractivity contribution in [2.24, 2.45) is 11.8 Å². The van der Waals surface area contributed by atoms with Gasteiger partial charge in [-0.1, -0.05) is 24.6 Å². The first-order valence-corrected chi connectivity index (χ1v) is 7.85. The Labute approximate surface area is 130 Å². The average molecular weight is 313 g/mol. The Hall–Kier alpha value is -1.13. The lowest BCUT2D eigenvalue weighted by Gasteiger charge is -2.28. The quantitative estimate of drug-likeness (QED) is 0.877. The normalized spacial score (nSPS) is 20.0. The summed E-state index contributed by atoms with van der Waals surface area (Å²) in [5, 5.41) is 6.34. The molecule has 0 radical (unpaired) electrons. The summed E-state index contributed by atoms with van der Waals surface area (Å²) >= 11 is 5.72. The van der Waals surface area contributed by atoms with Crippen LogP contribution in [-0.2, 0) is 11.3 Å². The predicted molar refractivity (Wildman–Crippen MR) is 82.6 cm³/mol. The summed E-state index contributed by atoms with van der Waals surface area (Å²) in [5.41, 5.74) is 0.807. The number of hydrogen-bond acceptors (Lipinski definition) is 2. The number of halogens is 2. The second-order valence-corrected chi connectivity index (χ2v) is 6.22. The molecular formula is C16H22ClFN2O. The van der Waals surface area contributed by atoms with Crippen molar-refractivity contribution in [1.82, 2.24) is 10.6 Å². The van der Waals surface area contributed by atoms with Crippen LogP contribution >= 0.6 is 11.6 Å². The van der Waals surface area contributed by atoms with Crippen molar-refractivity contribution in [2.45, 2.75) is 32.7 Å². The van der Waals surface area contributed by atoms with Crippen molar-refractivity contribution >= 4 is 17.5 Å². The summed E-state index contributed by atoms with van der Waals surface area (Å²) in [7, 11) is 0. The van der Waals surface area contributed by atoms with Crippen LogP contribution in [0.15, 0.2) is 18.2 Å². The van der Waals surface area contributed by atoms with Gasteiger partial charge in [0.1, 0.15) is 5.82 Å². The van der Waals surface area contributed by atoms with Crippen LogP contribution in [0.25, 0.3) is 0 Å². The number of amides is 1. The van der Waals surface area contributed by atoms with Gasteiger partial charge in [-0.15, -0.1) is 0 Å². The summed E-state index contributed by atoms with van der Waals surface area (Å²) in [6.45, 7) is 4.60. The van der Waals surface area contributed by atoms with Crippen molar-refractivity contribution in [2.75, 3.05) is 13.1 Å². The van der Waals surface area contributed by atoms with E-state index in [9.17, 15) is 9.18 Å². The molecule has 0 aromatic heterocycles. The van der Waals surface area contributed by atoms with Crippen LogP contribution in [-0.4, -0.2) is 19.0 Å². The number of benzene rings is 1. The Morgan fingerprint density at radius 2 is 2.38 bits per heavy atom. The second-order valence-electron chi connectivity index (χ2n) is 5.81. The maximum absolute atomic E-state index is 13.1. The van der Waals surface area contributed by atoms with Gasteiger partial charge in [0.05, 0.1) is 5.02 Å². The molecule has 0 bridgehead atoms. The third-order valence-electron chi connectivity index (χ3n) is 4.12. The lowest BCUT2D eigenvalue weighted by molar-refractivity contribution is -0.122. The molecule has 21 heavy (non-hydrogen) atoms. The maximum atomic E-state index is 13.1. The van der Waals surface area contributed by atoms with Gasteiger partial charge in [-0.25, -0.2) is 4.39 Å². The van der Waals surface area contributed by atoms with Gasteiger partial charge in [-0.05, 0) is 55.5 Å². The van der Waals surface area contributed by atoms with E-state index in [-0.39, 0.29) is 10.9 Å². The van der Waals surface area contributed by atoms with Crippen LogP contribution in [0.5, 0.6) is 0 Å². The number of carbonyl (C=O) groups is 1. The van der Waals surface area contributed by atoms with Crippen molar-refractivity contribution in [3.05, 3.63) is 34.6 Å². The zero-order valence-corrected chi connectivity index (χ0v) is 13.0. The molecule has 3 nitrogen and oxygen atoms in total. The van der Waals surface area contributed by atoms with E-state index in [2.05, 4.69) is 17.6 Å². The molecule has 1 heterocycles. The highest BCUT2D eigenvalue weighted by atomic mass is 35.5. The molecule has 1 aliphatic heterocycles. The molecule has 2 N–H and O–H groups in total. The van der Waals surface area contributed by atoms with Gasteiger partial charge < -0.3 is 10.6 Å². The van der Waals surface area contributed by atoms with Crippen LogP contribution < -0.4 is 10.6 Å². The Morgan fingerprint density at radius 1 is 1.57 bits per heavy atom. The highest BCUT2D eigenvalue weighted by molar-refractivity contribution is 6.30. The third-order valence-corrected chi connectivity index (χ3v) is 4.41. The SMILES string of the molecule is CC(CC(=O)NCc1ccc(F)c(Cl)c1)C1CCCNC1. The highest BCUT2D eigenvalue weighted by Gasteiger charge is 2.21. The van der Waals surface area contributed by atoms with Crippen molar-refractivity contribution in [1.29, 1.82) is 0 Å². The van der Waals surface area contributed by atoms with E-state index < -0.39 is 5.82 Å². The zero-order valence-electron chi connectivity index (χ0n) is 12.3. The molecule has 2 atom stereocenters. The van der Waals surface area contributed by atoms with E-state index in [0.717, 1.165) is 18.7 Å². The largest absolute Gasteiger partial charge is 0.352 e. The summed E-state index contributed by atoms with van der Waals surface area (Å²) in [5.74, 6) is 0.540. The van der Waals surface area contributed by atoms with Crippen LogP contribution in [0.2, 0.25) is 5.02 Å². The molecule has 1 aromatic carbocycles. The highest BCUT2D eigenvalue weighted by Crippen LogP contribution is 2.22. The van der Waals surface area contributed by atoms with Gasteiger partial charge in [0.15, 0.2) is 0 Å². The molecule has 2 rings (SSSR count). The lowest BCUT2D eigenvalue weighted by Crippen LogP contribution is -2.35. The molecule has 2 unspecified atom stereocenters. The van der Waals surface area contributed by atoms with E-state index in [0.29, 0.717) is 24.8 Å². The Bertz CT molecular complexity index is 489. The maximum Gasteiger partial charge on any atom is 0.220 e. The minimum atomic E-state index is -0.440. The van der Waals surface area contributed by atoms with Gasteiger partial charge in [0.25, 0.3) is 0 Å². The van der Waals surface area contributed by atoms with Crippen LogP contribution in [0.4, 0.5) is 4.39 Å². The summed E-state index contributed by atoms with van der Waals surface area (Å²) in [4.78, 5) is 12.0. The van der Waals surface area contributed by atoms with Gasteiger partial charge in [0, 0.05) is 13.0 Å². The predicted octanol–water partition coefficient (Wildman–Crippen LogP) is 3.12. The Morgan fingerprint density at radius 3 is 3.05 bits per heavy atom. The number of carbonyl (C=O) groups excluding carboxylic acids is 1. The summed E-state index contributed by atoms with van der Waals surface area (Å²) in [6, 6.07) is 4.50. The molecule has 1 fully saturated rings. The first kappa shape index (κ1) is 16.2. The molecule has 5 heteroatoms. The first-order valence-electron chi connectivity index (χ1n) is 7.47. The van der Waals surface area contributed by atoms with E-state index in [1.54, 1.807) is 12.1 Å². The van der Waals surface area contributed by atoms with Gasteiger partial charge in [-0.3, -0.25) is 4.79 Å². The zero-order chi connectivity index (χ0) is 15.2. The molecule has 1 aromatic rings. The topological polar surface area (TPSA) is 41.1 Å². The molecule has 1 aliphatic rings. The number of piperidine rings is 1. The Balaban J connectivity index is 1.77. The fourth-order valence-electron chi connectivity index (χ4n) is 2.75. The minimum absolute atomic E-state index is 0.0357. The number of rotatable bonds is 5. The van der Waals surface area contributed by atoms with Crippen molar-refractivity contribution < 1.29 is 9.18 Å². The molecule has 0 spiro atoms. The van der Waals surface area contributed by atoms with E-state index in [1.165, 1.54) is 18.9 Å². The average Bonchev–Trinajstić information content (AvgIpc) is 2.49. The van der Waals surface area contributed by atoms with Crippen LogP contribution in [0, 0.1) is 17.7 Å². The van der Waals surface area contributed by atoms with Crippen molar-refractivity contribution in [3.63, 3.8) is 0 Å². The molecule has 1 saturated heterocycles. The molecule has 116 valence electrons. The fraction of sp³-hybridized carbons (Fsp3) is 0.562. The van der Waals surface area contributed by atoms with Gasteiger partial charge in [0.2, 0.25) is 5.91 Å². The number of hydrogen-bond donors (Lipinski definition) is 2. The first-order chi connectivity index (χ1) is 10.1. The monoisotopic (exact) mass is 312 g/mol. The van der Waals surface area contributed by atoms with E-state index >= 15 is 0 Å². The van der Waals surface area contributed by atoms with Crippen LogP contribution in [0.3, 0.4) is 0 Å². The molecule has 0 saturated carbocycles. The molecule has 1 amide bonds. The third kappa shape index (κ3) is 4.97. The van der Waals surface area contributed by atoms with Gasteiger partial charge >= 0.3 is 0 Å². The standard InChI is InChI=1S/C16H22ClFN2O/c1-11(13-3-2-6-19-10-13)7-16(21)20-9-12-4-5-15(18)14(17)8-12/h4-5,8,11,13,19H,2-3,6-7,9-10H2,1H3,(H,20,21).